The summed E-state index contributed by atoms with van der Waals surface area (Å²) in [4.78, 5) is 4.91. The molecule has 2 aromatic carbocycles. The molecule has 0 atom stereocenters. The highest BCUT2D eigenvalue weighted by Gasteiger charge is 2.35. The summed E-state index contributed by atoms with van der Waals surface area (Å²) in [7, 11) is 4.43. The van der Waals surface area contributed by atoms with Gasteiger partial charge in [-0.2, -0.15) is 0 Å². The highest BCUT2D eigenvalue weighted by atomic mass is 15.1. The van der Waals surface area contributed by atoms with E-state index in [0.29, 0.717) is 0 Å². The molecule has 0 N–H and O–H groups in total. The summed E-state index contributed by atoms with van der Waals surface area (Å²) in [6.45, 7) is 7.99. The zero-order valence-electron chi connectivity index (χ0n) is 16.4. The zero-order valence-corrected chi connectivity index (χ0v) is 16.4. The first-order valence-electron chi connectivity index (χ1n) is 9.66. The lowest BCUT2D eigenvalue weighted by Crippen LogP contribution is -2.42. The number of unbranched alkanes of at least 4 members (excludes halogenated alkanes) is 1. The molecule has 0 unspecified atom stereocenters. The molecule has 25 heavy (non-hydrogen) atoms. The second-order valence-corrected chi connectivity index (χ2v) is 6.97. The van der Waals surface area contributed by atoms with Gasteiger partial charge in [0.05, 0.1) is 5.54 Å². The third-order valence-corrected chi connectivity index (χ3v) is 5.42. The standard InChI is InChI=1S/C23H34N2/c1-5-25(6-2)20-14-13-19-23(24(3)4,21-15-9-7-10-16-21)22-17-11-8-12-18-22/h7-12,15-18H,5-6,13-14,19-20H2,1-4H3. The van der Waals surface area contributed by atoms with E-state index in [0.717, 1.165) is 19.5 Å². The Bertz CT molecular complexity index is 549. The molecule has 2 rings (SSSR count). The molecular formula is C23H34N2. The second-order valence-electron chi connectivity index (χ2n) is 6.97. The maximum absolute atomic E-state index is 2.52. The predicted octanol–water partition coefficient (Wildman–Crippen LogP) is 5.00. The summed E-state index contributed by atoms with van der Waals surface area (Å²) in [6, 6.07) is 22.0. The van der Waals surface area contributed by atoms with Gasteiger partial charge >= 0.3 is 0 Å². The minimum atomic E-state index is -0.0637. The molecule has 0 saturated carbocycles. The van der Waals surface area contributed by atoms with Crippen molar-refractivity contribution in [2.75, 3.05) is 33.7 Å². The van der Waals surface area contributed by atoms with Crippen molar-refractivity contribution >= 4 is 0 Å². The van der Waals surface area contributed by atoms with Crippen molar-refractivity contribution in [1.82, 2.24) is 9.80 Å². The van der Waals surface area contributed by atoms with Crippen molar-refractivity contribution < 1.29 is 0 Å². The quantitative estimate of drug-likeness (QED) is 0.562. The normalized spacial score (nSPS) is 12.1. The van der Waals surface area contributed by atoms with E-state index in [1.54, 1.807) is 0 Å². The lowest BCUT2D eigenvalue weighted by Gasteiger charge is -2.41. The molecule has 0 aliphatic heterocycles. The van der Waals surface area contributed by atoms with Crippen LogP contribution in [0.25, 0.3) is 0 Å². The molecule has 0 heterocycles. The first-order chi connectivity index (χ1) is 12.1. The van der Waals surface area contributed by atoms with Gasteiger partial charge in [0.25, 0.3) is 0 Å². The molecule has 0 aliphatic carbocycles. The zero-order chi connectivity index (χ0) is 18.1. The Kier molecular flexibility index (Phi) is 7.67. The fraction of sp³-hybridized carbons (Fsp3) is 0.478. The van der Waals surface area contributed by atoms with Crippen LogP contribution in [0.4, 0.5) is 0 Å². The highest BCUT2D eigenvalue weighted by molar-refractivity contribution is 5.38. The molecule has 2 nitrogen and oxygen atoms in total. The molecule has 0 saturated heterocycles. The van der Waals surface area contributed by atoms with Gasteiger partial charge in [-0.3, -0.25) is 4.90 Å². The Hall–Kier alpha value is -1.64. The molecule has 0 radical (unpaired) electrons. The molecule has 0 aliphatic rings. The number of hydrogen-bond acceptors (Lipinski definition) is 2. The Morgan fingerprint density at radius 1 is 0.720 bits per heavy atom. The van der Waals surface area contributed by atoms with Crippen LogP contribution in [-0.4, -0.2) is 43.5 Å². The molecule has 0 fully saturated rings. The molecule has 0 amide bonds. The van der Waals surface area contributed by atoms with Gasteiger partial charge in [0.15, 0.2) is 0 Å². The summed E-state index contributed by atoms with van der Waals surface area (Å²) in [5.41, 5.74) is 2.70. The van der Waals surface area contributed by atoms with Crippen molar-refractivity contribution in [3.63, 3.8) is 0 Å². The van der Waals surface area contributed by atoms with Crippen LogP contribution in [0.1, 0.15) is 44.2 Å². The Balaban J connectivity index is 2.26. The van der Waals surface area contributed by atoms with E-state index in [-0.39, 0.29) is 5.54 Å². The van der Waals surface area contributed by atoms with Crippen molar-refractivity contribution in [1.29, 1.82) is 0 Å². The predicted molar refractivity (Wildman–Crippen MR) is 109 cm³/mol. The van der Waals surface area contributed by atoms with E-state index in [4.69, 9.17) is 0 Å². The Morgan fingerprint density at radius 3 is 1.60 bits per heavy atom. The smallest absolute Gasteiger partial charge is 0.0710 e. The van der Waals surface area contributed by atoms with Gasteiger partial charge in [-0.1, -0.05) is 74.5 Å². The maximum atomic E-state index is 2.52. The van der Waals surface area contributed by atoms with Gasteiger partial charge in [0, 0.05) is 0 Å². The summed E-state index contributed by atoms with van der Waals surface area (Å²) in [5.74, 6) is 0. The van der Waals surface area contributed by atoms with Crippen LogP contribution in [0.15, 0.2) is 60.7 Å². The third-order valence-electron chi connectivity index (χ3n) is 5.42. The minimum Gasteiger partial charge on any atom is -0.304 e. The molecule has 136 valence electrons. The van der Waals surface area contributed by atoms with Crippen LogP contribution in [0.5, 0.6) is 0 Å². The molecule has 2 aromatic rings. The molecule has 2 heteroatoms. The van der Waals surface area contributed by atoms with E-state index in [1.807, 2.05) is 0 Å². The fourth-order valence-corrected chi connectivity index (χ4v) is 3.88. The molecule has 0 aromatic heterocycles. The molecular weight excluding hydrogens is 304 g/mol. The number of benzene rings is 2. The number of rotatable bonds is 10. The largest absolute Gasteiger partial charge is 0.304 e. The van der Waals surface area contributed by atoms with E-state index in [2.05, 4.69) is 98.4 Å². The van der Waals surface area contributed by atoms with E-state index in [1.165, 1.54) is 30.5 Å². The Labute approximate surface area is 154 Å². The molecule has 0 spiro atoms. The van der Waals surface area contributed by atoms with Crippen molar-refractivity contribution in [3.8, 4) is 0 Å². The topological polar surface area (TPSA) is 6.48 Å². The van der Waals surface area contributed by atoms with Crippen molar-refractivity contribution in [2.45, 2.75) is 38.6 Å². The van der Waals surface area contributed by atoms with Crippen LogP contribution >= 0.6 is 0 Å². The first-order valence-corrected chi connectivity index (χ1v) is 9.66. The van der Waals surface area contributed by atoms with Crippen LogP contribution in [0.2, 0.25) is 0 Å². The number of hydrogen-bond donors (Lipinski definition) is 0. The summed E-state index contributed by atoms with van der Waals surface area (Å²) >= 11 is 0. The fourth-order valence-electron chi connectivity index (χ4n) is 3.88. The summed E-state index contributed by atoms with van der Waals surface area (Å²) < 4.78 is 0. The van der Waals surface area contributed by atoms with Gasteiger partial charge < -0.3 is 4.90 Å². The minimum absolute atomic E-state index is 0.0637. The van der Waals surface area contributed by atoms with Gasteiger partial charge in [0.2, 0.25) is 0 Å². The average Bonchev–Trinajstić information content (AvgIpc) is 2.66. The van der Waals surface area contributed by atoms with E-state index in [9.17, 15) is 0 Å². The van der Waals surface area contributed by atoms with Crippen molar-refractivity contribution in [2.24, 2.45) is 0 Å². The SMILES string of the molecule is CCN(CC)CCCCC(c1ccccc1)(c1ccccc1)N(C)C. The monoisotopic (exact) mass is 338 g/mol. The second kappa shape index (κ2) is 9.74. The Morgan fingerprint density at radius 2 is 1.20 bits per heavy atom. The van der Waals surface area contributed by atoms with Crippen molar-refractivity contribution in [3.05, 3.63) is 71.8 Å². The van der Waals surface area contributed by atoms with Gasteiger partial charge in [-0.25, -0.2) is 0 Å². The number of nitrogens with zero attached hydrogens (tertiary/aromatic N) is 2. The van der Waals surface area contributed by atoms with E-state index < -0.39 is 0 Å². The average molecular weight is 339 g/mol. The van der Waals surface area contributed by atoms with E-state index >= 15 is 0 Å². The highest BCUT2D eigenvalue weighted by Crippen LogP contribution is 2.38. The van der Waals surface area contributed by atoms with Gasteiger partial charge in [0.1, 0.15) is 0 Å². The first kappa shape index (κ1) is 19.7. The molecule has 0 bridgehead atoms. The lowest BCUT2D eigenvalue weighted by molar-refractivity contribution is 0.177. The van der Waals surface area contributed by atoms with Crippen LogP contribution in [0, 0.1) is 0 Å². The van der Waals surface area contributed by atoms with Gasteiger partial charge in [-0.15, -0.1) is 0 Å². The van der Waals surface area contributed by atoms with Gasteiger partial charge in [-0.05, 0) is 64.1 Å². The summed E-state index contributed by atoms with van der Waals surface area (Å²) in [6.07, 6.45) is 3.60. The van der Waals surface area contributed by atoms with Crippen LogP contribution < -0.4 is 0 Å². The van der Waals surface area contributed by atoms with Crippen LogP contribution in [-0.2, 0) is 5.54 Å². The summed E-state index contributed by atoms with van der Waals surface area (Å²) in [5, 5.41) is 0. The van der Waals surface area contributed by atoms with Crippen LogP contribution in [0.3, 0.4) is 0 Å². The maximum Gasteiger partial charge on any atom is 0.0710 e. The lowest BCUT2D eigenvalue weighted by atomic mass is 9.78. The third kappa shape index (κ3) is 4.71.